The van der Waals surface area contributed by atoms with E-state index in [1.807, 2.05) is 24.3 Å². The molecular weight excluding hydrogens is 547 g/mol. The Balaban J connectivity index is 1.33. The van der Waals surface area contributed by atoms with Crippen molar-refractivity contribution < 1.29 is 26.7 Å². The quantitative estimate of drug-likeness (QED) is 0.176. The predicted octanol–water partition coefficient (Wildman–Crippen LogP) is 7.94. The van der Waals surface area contributed by atoms with Crippen LogP contribution in [0.4, 0.5) is 27.6 Å². The van der Waals surface area contributed by atoms with Gasteiger partial charge >= 0.3 is 6.18 Å². The molecule has 11 heteroatoms. The van der Waals surface area contributed by atoms with Gasteiger partial charge in [0, 0.05) is 40.8 Å². The molecule has 0 unspecified atom stereocenters. The van der Waals surface area contributed by atoms with E-state index in [4.69, 9.17) is 4.74 Å². The Morgan fingerprint density at radius 1 is 1.05 bits per heavy atom. The van der Waals surface area contributed by atoms with E-state index in [0.717, 1.165) is 58.4 Å². The van der Waals surface area contributed by atoms with Gasteiger partial charge in [0.2, 0.25) is 0 Å². The first kappa shape index (κ1) is 26.5. The van der Waals surface area contributed by atoms with Crippen molar-refractivity contribution in [2.24, 2.45) is 0 Å². The Morgan fingerprint density at radius 2 is 1.85 bits per heavy atom. The molecule has 2 N–H and O–H groups in total. The number of aromatic amines is 1. The van der Waals surface area contributed by atoms with Gasteiger partial charge in [0.1, 0.15) is 11.6 Å². The van der Waals surface area contributed by atoms with Gasteiger partial charge in [0.25, 0.3) is 0 Å². The number of aromatic nitrogens is 2. The normalized spacial score (nSPS) is 14.6. The Morgan fingerprint density at radius 3 is 2.60 bits per heavy atom. The van der Waals surface area contributed by atoms with Crippen LogP contribution < -0.4 is 10.1 Å². The van der Waals surface area contributed by atoms with Gasteiger partial charge in [-0.15, -0.1) is 11.3 Å². The van der Waals surface area contributed by atoms with Crippen LogP contribution in [0.25, 0.3) is 31.4 Å². The average Bonchev–Trinajstić information content (AvgIpc) is 3.50. The van der Waals surface area contributed by atoms with E-state index < -0.39 is 18.4 Å². The molecule has 3 heterocycles. The van der Waals surface area contributed by atoms with Crippen LogP contribution in [0.3, 0.4) is 0 Å². The van der Waals surface area contributed by atoms with Crippen LogP contribution in [0.5, 0.6) is 11.5 Å². The smallest absolute Gasteiger partial charge is 0.393 e. The molecule has 3 aromatic carbocycles. The number of nitrogens with zero attached hydrogens (tertiary/aromatic N) is 2. The summed E-state index contributed by atoms with van der Waals surface area (Å²) in [4.78, 5) is 2.67. The third-order valence-corrected chi connectivity index (χ3v) is 8.20. The molecule has 2 aromatic heterocycles. The molecule has 5 aromatic rings. The van der Waals surface area contributed by atoms with Crippen LogP contribution in [0, 0.1) is 5.82 Å². The largest absolute Gasteiger partial charge is 0.455 e. The van der Waals surface area contributed by atoms with Crippen LogP contribution in [0.1, 0.15) is 12.0 Å². The summed E-state index contributed by atoms with van der Waals surface area (Å²) < 4.78 is 73.9. The van der Waals surface area contributed by atoms with E-state index >= 15 is 0 Å². The molecule has 1 saturated heterocycles. The zero-order chi connectivity index (χ0) is 27.9. The van der Waals surface area contributed by atoms with Crippen molar-refractivity contribution in [1.82, 2.24) is 15.1 Å². The van der Waals surface area contributed by atoms with Gasteiger partial charge in [0.15, 0.2) is 5.75 Å². The fourth-order valence-corrected chi connectivity index (χ4v) is 6.38. The van der Waals surface area contributed by atoms with E-state index in [9.17, 15) is 22.0 Å². The van der Waals surface area contributed by atoms with E-state index in [1.54, 1.807) is 18.3 Å². The topological polar surface area (TPSA) is 53.2 Å². The van der Waals surface area contributed by atoms with E-state index in [2.05, 4.69) is 20.4 Å². The molecular formula is C29H25F5N4OS. The molecule has 5 nitrogen and oxygen atoms in total. The number of thiophene rings is 1. The number of benzene rings is 3. The number of ether oxygens (including phenoxy) is 1. The number of halogens is 5. The summed E-state index contributed by atoms with van der Waals surface area (Å²) in [7, 11) is 0. The van der Waals surface area contributed by atoms with E-state index in [1.165, 1.54) is 17.4 Å². The summed E-state index contributed by atoms with van der Waals surface area (Å²) in [6.45, 7) is 2.14. The third kappa shape index (κ3) is 5.48. The fraction of sp³-hybridized carbons (Fsp3) is 0.276. The maximum absolute atomic E-state index is 14.1. The summed E-state index contributed by atoms with van der Waals surface area (Å²) in [5.41, 5.74) is 1.81. The summed E-state index contributed by atoms with van der Waals surface area (Å²) >= 11 is 1.29. The Hall–Kier alpha value is -3.70. The second-order valence-corrected chi connectivity index (χ2v) is 10.9. The van der Waals surface area contributed by atoms with Crippen molar-refractivity contribution in [3.63, 3.8) is 0 Å². The minimum absolute atomic E-state index is 0.159. The number of H-pyrrole nitrogens is 1. The number of hydrogen-bond acceptors (Lipinski definition) is 5. The van der Waals surface area contributed by atoms with Crippen molar-refractivity contribution in [3.05, 3.63) is 72.2 Å². The highest BCUT2D eigenvalue weighted by molar-refractivity contribution is 7.23. The molecule has 208 valence electrons. The molecule has 40 heavy (non-hydrogen) atoms. The lowest BCUT2D eigenvalue weighted by molar-refractivity contribution is -0.127. The first-order valence-corrected chi connectivity index (χ1v) is 13.7. The molecule has 0 radical (unpaired) electrons. The van der Waals surface area contributed by atoms with Gasteiger partial charge in [0.05, 0.1) is 35.7 Å². The molecule has 0 spiro atoms. The van der Waals surface area contributed by atoms with E-state index in [-0.39, 0.29) is 23.8 Å². The van der Waals surface area contributed by atoms with Crippen molar-refractivity contribution in [2.45, 2.75) is 25.1 Å². The van der Waals surface area contributed by atoms with Crippen LogP contribution in [-0.4, -0.2) is 53.6 Å². The van der Waals surface area contributed by atoms with Crippen LogP contribution in [0.2, 0.25) is 0 Å². The first-order chi connectivity index (χ1) is 19.3. The zero-order valence-corrected chi connectivity index (χ0v) is 22.0. The SMILES string of the molecule is FCCCN1CC(Nc2ccc(Oc3c(-c4ccc(F)cc4CC(F)(F)F)sc4c3ccc3[nH]ncc34)cc2)C1. The second kappa shape index (κ2) is 10.7. The minimum atomic E-state index is -4.51. The standard InChI is InChI=1S/C29H25F5N4OS/c30-10-1-11-38-15-20(16-38)36-19-3-5-21(6-4-19)39-26-23-8-9-25-24(14-35-37-25)27(23)40-28(26)22-7-2-18(31)12-17(22)13-29(32,33)34/h2-9,12,14,20,36H,1,10-11,13,15-16H2,(H,35,37). The van der Waals surface area contributed by atoms with Crippen molar-refractivity contribution in [1.29, 1.82) is 0 Å². The summed E-state index contributed by atoms with van der Waals surface area (Å²) in [6.07, 6.45) is -3.56. The molecule has 1 aliphatic heterocycles. The lowest BCUT2D eigenvalue weighted by Crippen LogP contribution is -2.54. The molecule has 1 fully saturated rings. The van der Waals surface area contributed by atoms with E-state index in [0.29, 0.717) is 22.8 Å². The number of nitrogens with one attached hydrogen (secondary N) is 2. The molecule has 1 aliphatic rings. The van der Waals surface area contributed by atoms with Crippen molar-refractivity contribution in [2.75, 3.05) is 31.6 Å². The summed E-state index contributed by atoms with van der Waals surface area (Å²) in [5, 5.41) is 12.0. The van der Waals surface area contributed by atoms with Gasteiger partial charge in [-0.1, -0.05) is 6.07 Å². The van der Waals surface area contributed by atoms with Crippen LogP contribution in [0.15, 0.2) is 60.8 Å². The molecule has 0 atom stereocenters. The lowest BCUT2D eigenvalue weighted by atomic mass is 10.0. The zero-order valence-electron chi connectivity index (χ0n) is 21.2. The van der Waals surface area contributed by atoms with Gasteiger partial charge < -0.3 is 10.1 Å². The molecule has 6 rings (SSSR count). The van der Waals surface area contributed by atoms with Crippen molar-refractivity contribution >= 4 is 38.0 Å². The van der Waals surface area contributed by atoms with Gasteiger partial charge in [-0.25, -0.2) is 4.39 Å². The predicted molar refractivity (Wildman–Crippen MR) is 148 cm³/mol. The van der Waals surface area contributed by atoms with Gasteiger partial charge in [-0.05, 0) is 66.1 Å². The lowest BCUT2D eigenvalue weighted by Gasteiger charge is -2.40. The number of hydrogen-bond donors (Lipinski definition) is 2. The summed E-state index contributed by atoms with van der Waals surface area (Å²) in [5.74, 6) is 0.182. The third-order valence-electron chi connectivity index (χ3n) is 6.94. The highest BCUT2D eigenvalue weighted by Crippen LogP contribution is 2.49. The van der Waals surface area contributed by atoms with Gasteiger partial charge in [-0.2, -0.15) is 18.3 Å². The number of anilines is 1. The molecule has 0 saturated carbocycles. The Labute approximate surface area is 230 Å². The first-order valence-electron chi connectivity index (χ1n) is 12.8. The molecule has 0 aliphatic carbocycles. The second-order valence-electron chi connectivity index (χ2n) is 9.90. The fourth-order valence-electron chi connectivity index (χ4n) is 5.08. The highest BCUT2D eigenvalue weighted by Gasteiger charge is 2.31. The Kier molecular flexibility index (Phi) is 7.09. The highest BCUT2D eigenvalue weighted by atomic mass is 32.1. The number of fused-ring (bicyclic) bond motifs is 3. The van der Waals surface area contributed by atoms with Crippen molar-refractivity contribution in [3.8, 4) is 21.9 Å². The minimum Gasteiger partial charge on any atom is -0.455 e. The number of alkyl halides is 4. The average molecular weight is 573 g/mol. The van der Waals surface area contributed by atoms with Crippen LogP contribution >= 0.6 is 11.3 Å². The maximum atomic E-state index is 14.1. The van der Waals surface area contributed by atoms with Gasteiger partial charge in [-0.3, -0.25) is 14.4 Å². The monoisotopic (exact) mass is 572 g/mol. The summed E-state index contributed by atoms with van der Waals surface area (Å²) in [6, 6.07) is 14.8. The Bertz CT molecular complexity index is 1640. The maximum Gasteiger partial charge on any atom is 0.393 e. The number of rotatable bonds is 9. The molecule has 0 amide bonds. The number of likely N-dealkylation sites (tertiary alicyclic amines) is 1. The molecule has 0 bridgehead atoms. The van der Waals surface area contributed by atoms with Crippen LogP contribution in [-0.2, 0) is 6.42 Å².